The highest BCUT2D eigenvalue weighted by Gasteiger charge is 2.18. The van der Waals surface area contributed by atoms with Gasteiger partial charge in [0.2, 0.25) is 0 Å². The molecule has 1 amide bonds. The Morgan fingerprint density at radius 1 is 1.17 bits per heavy atom. The zero-order valence-electron chi connectivity index (χ0n) is 17.1. The number of carbonyl (C=O) groups is 1. The summed E-state index contributed by atoms with van der Waals surface area (Å²) in [6.45, 7) is 4.36. The van der Waals surface area contributed by atoms with Gasteiger partial charge < -0.3 is 14.0 Å². The Morgan fingerprint density at radius 3 is 2.57 bits per heavy atom. The molecule has 0 saturated carbocycles. The largest absolute Gasteiger partial charge is 0.491 e. The van der Waals surface area contributed by atoms with Crippen molar-refractivity contribution in [3.05, 3.63) is 48.0 Å². The molecule has 156 valence electrons. The van der Waals surface area contributed by atoms with Gasteiger partial charge in [-0.1, -0.05) is 19.1 Å². The number of amides is 1. The Hall–Kier alpha value is -3.53. The van der Waals surface area contributed by atoms with Crippen molar-refractivity contribution in [2.75, 3.05) is 25.2 Å². The summed E-state index contributed by atoms with van der Waals surface area (Å²) in [4.78, 5) is 11.7. The molecule has 0 radical (unpaired) electrons. The highest BCUT2D eigenvalue weighted by molar-refractivity contribution is 5.95. The van der Waals surface area contributed by atoms with E-state index < -0.39 is 12.8 Å². The third-order valence-corrected chi connectivity index (χ3v) is 4.65. The van der Waals surface area contributed by atoms with E-state index in [9.17, 15) is 14.4 Å². The number of ether oxygens (including phenoxy) is 2. The van der Waals surface area contributed by atoms with Crippen LogP contribution < -0.4 is 10.1 Å². The number of aromatic nitrogens is 1. The van der Waals surface area contributed by atoms with Crippen molar-refractivity contribution in [1.82, 2.24) is 4.57 Å². The zero-order chi connectivity index (χ0) is 21.5. The molecule has 0 unspecified atom stereocenters. The summed E-state index contributed by atoms with van der Waals surface area (Å²) in [5.41, 5.74) is 3.66. The maximum atomic E-state index is 12.4. The van der Waals surface area contributed by atoms with Gasteiger partial charge in [0.1, 0.15) is 25.1 Å². The molecule has 6 nitrogen and oxygen atoms in total. The molecule has 7 heteroatoms. The Bertz CT molecular complexity index is 1070. The van der Waals surface area contributed by atoms with Crippen molar-refractivity contribution in [2.24, 2.45) is 0 Å². The summed E-state index contributed by atoms with van der Waals surface area (Å²) < 4.78 is 24.9. The van der Waals surface area contributed by atoms with Crippen LogP contribution in [0.4, 0.5) is 14.9 Å². The summed E-state index contributed by atoms with van der Waals surface area (Å²) >= 11 is 0. The highest BCUT2D eigenvalue weighted by atomic mass is 19.1. The van der Waals surface area contributed by atoms with Crippen LogP contribution in [0.3, 0.4) is 0 Å². The van der Waals surface area contributed by atoms with Gasteiger partial charge >= 0.3 is 6.09 Å². The maximum absolute atomic E-state index is 12.4. The molecule has 0 spiro atoms. The van der Waals surface area contributed by atoms with Crippen LogP contribution in [-0.2, 0) is 11.3 Å². The second-order valence-corrected chi connectivity index (χ2v) is 6.63. The van der Waals surface area contributed by atoms with Gasteiger partial charge in [0.15, 0.2) is 0 Å². The SMILES string of the molecule is CCCOC(=O)Nc1ccc(-c2c(C#N)c3ccc(OCCF)cc3n2CC)cc1. The van der Waals surface area contributed by atoms with Crippen LogP contribution in [0, 0.1) is 11.3 Å². The van der Waals surface area contributed by atoms with E-state index in [-0.39, 0.29) is 6.61 Å². The molecule has 0 saturated heterocycles. The lowest BCUT2D eigenvalue weighted by Crippen LogP contribution is -2.13. The monoisotopic (exact) mass is 409 g/mol. The maximum Gasteiger partial charge on any atom is 0.411 e. The van der Waals surface area contributed by atoms with Crippen LogP contribution in [0.1, 0.15) is 25.8 Å². The lowest BCUT2D eigenvalue weighted by molar-refractivity contribution is 0.161. The second-order valence-electron chi connectivity index (χ2n) is 6.63. The van der Waals surface area contributed by atoms with Gasteiger partial charge in [0.25, 0.3) is 0 Å². The minimum Gasteiger partial charge on any atom is -0.491 e. The smallest absolute Gasteiger partial charge is 0.411 e. The number of anilines is 1. The van der Waals surface area contributed by atoms with Crippen molar-refractivity contribution in [2.45, 2.75) is 26.8 Å². The number of nitriles is 1. The Morgan fingerprint density at radius 2 is 1.93 bits per heavy atom. The Balaban J connectivity index is 1.98. The summed E-state index contributed by atoms with van der Waals surface area (Å²) in [5.74, 6) is 0.563. The Kier molecular flexibility index (Phi) is 6.91. The van der Waals surface area contributed by atoms with Gasteiger partial charge in [0.05, 0.1) is 23.4 Å². The topological polar surface area (TPSA) is 76.3 Å². The third-order valence-electron chi connectivity index (χ3n) is 4.65. The number of rotatable bonds is 8. The molecule has 30 heavy (non-hydrogen) atoms. The van der Waals surface area contributed by atoms with E-state index >= 15 is 0 Å². The van der Waals surface area contributed by atoms with E-state index in [1.807, 2.05) is 42.7 Å². The van der Waals surface area contributed by atoms with Gasteiger partial charge in [0, 0.05) is 23.7 Å². The molecule has 0 aliphatic carbocycles. The highest BCUT2D eigenvalue weighted by Crippen LogP contribution is 2.35. The predicted octanol–water partition coefficient (Wildman–Crippen LogP) is 5.51. The Labute approximate surface area is 174 Å². The van der Waals surface area contributed by atoms with Crippen LogP contribution in [0.5, 0.6) is 5.75 Å². The number of halogens is 1. The molecule has 0 bridgehead atoms. The number of hydrogen-bond donors (Lipinski definition) is 1. The van der Waals surface area contributed by atoms with E-state index in [1.165, 1.54) is 0 Å². The van der Waals surface area contributed by atoms with Crippen molar-refractivity contribution >= 4 is 22.7 Å². The lowest BCUT2D eigenvalue weighted by atomic mass is 10.1. The summed E-state index contributed by atoms with van der Waals surface area (Å²) in [7, 11) is 0. The molecule has 3 rings (SSSR count). The average Bonchev–Trinajstić information content (AvgIpc) is 3.09. The van der Waals surface area contributed by atoms with Crippen LogP contribution in [-0.4, -0.2) is 30.5 Å². The van der Waals surface area contributed by atoms with Crippen molar-refractivity contribution in [1.29, 1.82) is 5.26 Å². The first-order chi connectivity index (χ1) is 14.6. The van der Waals surface area contributed by atoms with Gasteiger partial charge in [-0.2, -0.15) is 5.26 Å². The molecule has 0 atom stereocenters. The minimum absolute atomic E-state index is 0.00848. The predicted molar refractivity (Wildman–Crippen MR) is 114 cm³/mol. The van der Waals surface area contributed by atoms with E-state index in [0.29, 0.717) is 30.2 Å². The number of hydrogen-bond acceptors (Lipinski definition) is 4. The second kappa shape index (κ2) is 9.79. The zero-order valence-corrected chi connectivity index (χ0v) is 17.1. The number of nitrogens with one attached hydrogen (secondary N) is 1. The number of benzene rings is 2. The van der Waals surface area contributed by atoms with E-state index in [0.717, 1.165) is 28.6 Å². The van der Waals surface area contributed by atoms with Crippen LogP contribution in [0.15, 0.2) is 42.5 Å². The quantitative estimate of drug-likeness (QED) is 0.532. The summed E-state index contributed by atoms with van der Waals surface area (Å²) in [6.07, 6.45) is 0.261. The number of alkyl halides is 1. The average molecular weight is 409 g/mol. The first kappa shape index (κ1) is 21.2. The summed E-state index contributed by atoms with van der Waals surface area (Å²) in [6, 6.07) is 15.0. The molecule has 1 heterocycles. The van der Waals surface area contributed by atoms with Crippen molar-refractivity contribution in [3.8, 4) is 23.1 Å². The third kappa shape index (κ3) is 4.38. The molecule has 2 aromatic carbocycles. The fourth-order valence-corrected chi connectivity index (χ4v) is 3.38. The van der Waals surface area contributed by atoms with Gasteiger partial charge in [-0.25, -0.2) is 9.18 Å². The minimum atomic E-state index is -0.562. The molecule has 0 fully saturated rings. The number of fused-ring (bicyclic) bond motifs is 1. The van der Waals surface area contributed by atoms with Gasteiger partial charge in [-0.15, -0.1) is 0 Å². The van der Waals surface area contributed by atoms with Crippen LogP contribution in [0.2, 0.25) is 0 Å². The fraction of sp³-hybridized carbons (Fsp3) is 0.304. The fourth-order valence-electron chi connectivity index (χ4n) is 3.38. The molecule has 0 aliphatic heterocycles. The molecule has 1 N–H and O–H groups in total. The molecular weight excluding hydrogens is 385 g/mol. The normalized spacial score (nSPS) is 10.6. The number of nitrogens with zero attached hydrogens (tertiary/aromatic N) is 2. The standard InChI is InChI=1S/C23H24FN3O3/c1-3-12-30-23(28)26-17-7-5-16(6-8-17)22-20(15-25)19-10-9-18(29-13-11-24)14-21(19)27(22)4-2/h5-10,14H,3-4,11-13H2,1-2H3,(H,26,28). The number of carbonyl (C=O) groups excluding carboxylic acids is 1. The first-order valence-corrected chi connectivity index (χ1v) is 9.92. The van der Waals surface area contributed by atoms with Crippen molar-refractivity contribution in [3.63, 3.8) is 0 Å². The molecule has 3 aromatic rings. The van der Waals surface area contributed by atoms with Gasteiger partial charge in [-0.3, -0.25) is 5.32 Å². The molecule has 1 aromatic heterocycles. The van der Waals surface area contributed by atoms with Crippen LogP contribution >= 0.6 is 0 Å². The van der Waals surface area contributed by atoms with Crippen LogP contribution in [0.25, 0.3) is 22.2 Å². The first-order valence-electron chi connectivity index (χ1n) is 9.92. The van der Waals surface area contributed by atoms with E-state index in [4.69, 9.17) is 9.47 Å². The van der Waals surface area contributed by atoms with Gasteiger partial charge in [-0.05, 0) is 43.2 Å². The molecule has 0 aliphatic rings. The van der Waals surface area contributed by atoms with Crippen molar-refractivity contribution < 1.29 is 18.7 Å². The lowest BCUT2D eigenvalue weighted by Gasteiger charge is -2.11. The van der Waals surface area contributed by atoms with E-state index in [2.05, 4.69) is 11.4 Å². The van der Waals surface area contributed by atoms with E-state index in [1.54, 1.807) is 18.2 Å². The number of aryl methyl sites for hydroxylation is 1. The molecular formula is C23H24FN3O3. The summed E-state index contributed by atoms with van der Waals surface area (Å²) in [5, 5.41) is 13.3.